The molecule has 0 aliphatic rings. The molecular weight excluding hydrogens is 348 g/mol. The molecule has 0 atom stereocenters. The number of hydrogen-bond donors (Lipinski definition) is 0. The average molecular weight is 381 g/mol. The van der Waals surface area contributed by atoms with Crippen molar-refractivity contribution in [2.24, 2.45) is 0 Å². The van der Waals surface area contributed by atoms with E-state index >= 15 is 0 Å². The molecule has 0 spiro atoms. The van der Waals surface area contributed by atoms with Crippen molar-refractivity contribution in [3.63, 3.8) is 0 Å². The van der Waals surface area contributed by atoms with E-state index in [1.807, 2.05) is 24.3 Å². The Morgan fingerprint density at radius 2 is 1.29 bits per heavy atom. The summed E-state index contributed by atoms with van der Waals surface area (Å²) >= 11 is 0. The molecule has 150 valence electrons. The van der Waals surface area contributed by atoms with Crippen LogP contribution in [0.5, 0.6) is 11.5 Å². The Labute approximate surface area is 169 Å². The molecule has 0 heterocycles. The van der Waals surface area contributed by atoms with Gasteiger partial charge in [-0.25, -0.2) is 0 Å². The molecule has 0 unspecified atom stereocenters. The zero-order chi connectivity index (χ0) is 20.4. The third kappa shape index (κ3) is 6.90. The van der Waals surface area contributed by atoms with Crippen LogP contribution in [0.25, 0.3) is 0 Å². The topological polar surface area (TPSA) is 27.7 Å². The summed E-state index contributed by atoms with van der Waals surface area (Å²) in [4.78, 5) is 0. The monoisotopic (exact) mass is 380 g/mol. The minimum absolute atomic E-state index is 0.140. The van der Waals surface area contributed by atoms with Gasteiger partial charge in [-0.05, 0) is 69.0 Å². The van der Waals surface area contributed by atoms with Crippen molar-refractivity contribution in [3.05, 3.63) is 83.0 Å². The summed E-state index contributed by atoms with van der Waals surface area (Å²) in [7, 11) is 3.35. The van der Waals surface area contributed by atoms with Crippen LogP contribution in [0.2, 0.25) is 0 Å². The molecule has 0 aliphatic carbocycles. The predicted molar refractivity (Wildman–Crippen MR) is 116 cm³/mol. The van der Waals surface area contributed by atoms with E-state index < -0.39 is 0 Å². The number of ether oxygens (including phenoxy) is 3. The van der Waals surface area contributed by atoms with Crippen molar-refractivity contribution in [2.75, 3.05) is 20.8 Å². The minimum Gasteiger partial charge on any atom is -0.497 e. The first-order valence-corrected chi connectivity index (χ1v) is 9.72. The Kier molecular flexibility index (Phi) is 8.83. The van der Waals surface area contributed by atoms with E-state index in [1.54, 1.807) is 14.2 Å². The van der Waals surface area contributed by atoms with Crippen molar-refractivity contribution in [1.82, 2.24) is 0 Å². The summed E-state index contributed by atoms with van der Waals surface area (Å²) in [5.41, 5.74) is 4.91. The lowest BCUT2D eigenvalue weighted by Crippen LogP contribution is -2.07. The molecule has 3 heteroatoms. The number of benzene rings is 2. The second kappa shape index (κ2) is 11.4. The molecule has 2 aromatic carbocycles. The van der Waals surface area contributed by atoms with Crippen LogP contribution >= 0.6 is 0 Å². The molecule has 0 aliphatic heterocycles. The van der Waals surface area contributed by atoms with Crippen molar-refractivity contribution in [2.45, 2.75) is 39.7 Å². The zero-order valence-corrected chi connectivity index (χ0v) is 17.7. The Bertz CT molecular complexity index is 719. The van der Waals surface area contributed by atoms with E-state index in [9.17, 15) is 0 Å². The van der Waals surface area contributed by atoms with Gasteiger partial charge in [-0.2, -0.15) is 0 Å². The Balaban J connectivity index is 2.12. The summed E-state index contributed by atoms with van der Waals surface area (Å²) < 4.78 is 16.8. The van der Waals surface area contributed by atoms with E-state index in [0.29, 0.717) is 6.61 Å². The molecule has 2 aromatic rings. The van der Waals surface area contributed by atoms with Gasteiger partial charge in [-0.3, -0.25) is 0 Å². The van der Waals surface area contributed by atoms with E-state index in [4.69, 9.17) is 14.2 Å². The molecule has 0 saturated carbocycles. The highest BCUT2D eigenvalue weighted by atomic mass is 16.5. The smallest absolute Gasteiger partial charge is 0.118 e. The van der Waals surface area contributed by atoms with Crippen LogP contribution in [0, 0.1) is 0 Å². The number of rotatable bonds is 10. The molecule has 0 fully saturated rings. The lowest BCUT2D eigenvalue weighted by molar-refractivity contribution is 0.104. The van der Waals surface area contributed by atoms with E-state index in [0.717, 1.165) is 35.5 Å². The van der Waals surface area contributed by atoms with Gasteiger partial charge in [0.2, 0.25) is 0 Å². The first-order chi connectivity index (χ1) is 13.5. The van der Waals surface area contributed by atoms with Gasteiger partial charge in [0, 0.05) is 0 Å². The number of allylic oxidation sites excluding steroid dienone is 3. The SMILES string of the molecule is COc1ccc(C(OC/C=C(\C)CCC=C(C)C)c2ccc(OC)cc2)cc1. The third-order valence-corrected chi connectivity index (χ3v) is 4.62. The van der Waals surface area contributed by atoms with Gasteiger partial charge < -0.3 is 14.2 Å². The van der Waals surface area contributed by atoms with Crippen LogP contribution in [-0.2, 0) is 4.74 Å². The summed E-state index contributed by atoms with van der Waals surface area (Å²) in [6.07, 6.45) is 6.45. The predicted octanol–water partition coefficient (Wildman–Crippen LogP) is 6.50. The molecule has 0 saturated heterocycles. The first-order valence-electron chi connectivity index (χ1n) is 9.72. The van der Waals surface area contributed by atoms with Gasteiger partial charge in [-0.1, -0.05) is 47.6 Å². The maximum Gasteiger partial charge on any atom is 0.118 e. The van der Waals surface area contributed by atoms with Crippen molar-refractivity contribution in [3.8, 4) is 11.5 Å². The standard InChI is InChI=1S/C25H32O3/c1-19(2)7-6-8-20(3)17-18-28-25(21-9-13-23(26-4)14-10-21)22-11-15-24(27-5)16-12-22/h7,9-17,25H,6,8,18H2,1-5H3/b20-17+. The van der Waals surface area contributed by atoms with Crippen LogP contribution in [0.3, 0.4) is 0 Å². The first kappa shape index (κ1) is 21.8. The van der Waals surface area contributed by atoms with Gasteiger partial charge >= 0.3 is 0 Å². The second-order valence-corrected chi connectivity index (χ2v) is 7.13. The Morgan fingerprint density at radius 1 is 0.786 bits per heavy atom. The van der Waals surface area contributed by atoms with Crippen LogP contribution in [0.15, 0.2) is 71.8 Å². The lowest BCUT2D eigenvalue weighted by atomic mass is 10.0. The minimum atomic E-state index is -0.140. The maximum atomic E-state index is 6.29. The van der Waals surface area contributed by atoms with Crippen molar-refractivity contribution in [1.29, 1.82) is 0 Å². The Morgan fingerprint density at radius 3 is 1.71 bits per heavy atom. The summed E-state index contributed by atoms with van der Waals surface area (Å²) in [5.74, 6) is 1.68. The van der Waals surface area contributed by atoms with E-state index in [1.165, 1.54) is 11.1 Å². The zero-order valence-electron chi connectivity index (χ0n) is 17.7. The van der Waals surface area contributed by atoms with E-state index in [2.05, 4.69) is 57.2 Å². The maximum absolute atomic E-state index is 6.29. The van der Waals surface area contributed by atoms with Gasteiger partial charge in [0.05, 0.1) is 20.8 Å². The molecule has 0 bridgehead atoms. The quantitative estimate of drug-likeness (QED) is 0.440. The van der Waals surface area contributed by atoms with E-state index in [-0.39, 0.29) is 6.10 Å². The molecule has 28 heavy (non-hydrogen) atoms. The van der Waals surface area contributed by atoms with Gasteiger partial charge in [0.1, 0.15) is 17.6 Å². The molecule has 0 radical (unpaired) electrons. The summed E-state index contributed by atoms with van der Waals surface area (Å²) in [5, 5.41) is 0. The molecule has 3 nitrogen and oxygen atoms in total. The highest BCUT2D eigenvalue weighted by Crippen LogP contribution is 2.29. The fourth-order valence-corrected chi connectivity index (χ4v) is 2.92. The molecule has 0 N–H and O–H groups in total. The van der Waals surface area contributed by atoms with Crippen LogP contribution in [0.4, 0.5) is 0 Å². The van der Waals surface area contributed by atoms with Crippen LogP contribution in [0.1, 0.15) is 50.8 Å². The molecule has 0 amide bonds. The van der Waals surface area contributed by atoms with Gasteiger partial charge in [0.15, 0.2) is 0 Å². The average Bonchev–Trinajstić information content (AvgIpc) is 2.71. The number of methoxy groups -OCH3 is 2. The fourth-order valence-electron chi connectivity index (χ4n) is 2.92. The summed E-state index contributed by atoms with van der Waals surface area (Å²) in [6, 6.07) is 16.1. The molecule has 0 aromatic heterocycles. The van der Waals surface area contributed by atoms with Crippen LogP contribution in [-0.4, -0.2) is 20.8 Å². The second-order valence-electron chi connectivity index (χ2n) is 7.13. The Hall–Kier alpha value is -2.52. The molecule has 2 rings (SSSR count). The number of hydrogen-bond acceptors (Lipinski definition) is 3. The lowest BCUT2D eigenvalue weighted by Gasteiger charge is -2.19. The van der Waals surface area contributed by atoms with Crippen molar-refractivity contribution >= 4 is 0 Å². The normalized spacial score (nSPS) is 11.4. The third-order valence-electron chi connectivity index (χ3n) is 4.62. The van der Waals surface area contributed by atoms with Gasteiger partial charge in [0.25, 0.3) is 0 Å². The fraction of sp³-hybridized carbons (Fsp3) is 0.360. The van der Waals surface area contributed by atoms with Crippen LogP contribution < -0.4 is 9.47 Å². The largest absolute Gasteiger partial charge is 0.497 e. The molecular formula is C25H32O3. The summed E-state index contributed by atoms with van der Waals surface area (Å²) in [6.45, 7) is 7.01. The highest BCUT2D eigenvalue weighted by molar-refractivity contribution is 5.36. The highest BCUT2D eigenvalue weighted by Gasteiger charge is 2.15. The van der Waals surface area contributed by atoms with Gasteiger partial charge in [-0.15, -0.1) is 0 Å². The van der Waals surface area contributed by atoms with Crippen molar-refractivity contribution < 1.29 is 14.2 Å².